The summed E-state index contributed by atoms with van der Waals surface area (Å²) in [5, 5.41) is 0. The number of rotatable bonds is 10. The fourth-order valence-corrected chi connectivity index (χ4v) is 36.3. The van der Waals surface area contributed by atoms with Crippen LogP contribution in [-0.2, 0) is 45.7 Å². The number of hydrogen-bond acceptors (Lipinski definition) is 0. The molecule has 0 saturated heterocycles. The average Bonchev–Trinajstić information content (AvgIpc) is 3.40. The van der Waals surface area contributed by atoms with Gasteiger partial charge in [-0.05, 0) is 0 Å². The molecule has 2 unspecified atom stereocenters. The minimum absolute atomic E-state index is 0.585. The predicted molar refractivity (Wildman–Crippen MR) is 155 cm³/mol. The van der Waals surface area contributed by atoms with Crippen LogP contribution in [0.2, 0.25) is 6.04 Å². The zero-order valence-electron chi connectivity index (χ0n) is 23.4. The van der Waals surface area contributed by atoms with Gasteiger partial charge in [0.25, 0.3) is 0 Å². The van der Waals surface area contributed by atoms with Crippen molar-refractivity contribution >= 4 is 18.4 Å². The molecule has 2 aliphatic rings. The van der Waals surface area contributed by atoms with Crippen molar-refractivity contribution in [3.63, 3.8) is 0 Å². The molecule has 0 aromatic heterocycles. The van der Waals surface area contributed by atoms with Crippen LogP contribution in [0.4, 0.5) is 0 Å². The predicted octanol–water partition coefficient (Wildman–Crippen LogP) is 9.13. The van der Waals surface area contributed by atoms with Crippen LogP contribution in [0.25, 0.3) is 12.2 Å². The van der Waals surface area contributed by atoms with E-state index in [1.165, 1.54) is 38.1 Å². The second-order valence-corrected chi connectivity index (χ2v) is 29.3. The Kier molecular flexibility index (Phi) is 9.30. The third-order valence-corrected chi connectivity index (χ3v) is 33.5. The van der Waals surface area contributed by atoms with Gasteiger partial charge in [0.05, 0.1) is 0 Å². The van der Waals surface area contributed by atoms with Crippen molar-refractivity contribution in [3.05, 3.63) is 79.9 Å². The van der Waals surface area contributed by atoms with Gasteiger partial charge in [0.15, 0.2) is 0 Å². The molecule has 0 spiro atoms. The molecular formula is C33H46HfSi. The summed E-state index contributed by atoms with van der Waals surface area (Å²) in [5.74, 6) is 0. The monoisotopic (exact) mass is 650 g/mol. The summed E-state index contributed by atoms with van der Waals surface area (Å²) < 4.78 is 1.59. The number of fused-ring (bicyclic) bond motifs is 2. The number of aryl methyl sites for hydroxylation is 4. The molecule has 0 bridgehead atoms. The number of hydrogen-bond donors (Lipinski definition) is 0. The van der Waals surface area contributed by atoms with Crippen molar-refractivity contribution < 1.29 is 20.1 Å². The number of unbranched alkanes of at least 4 members (excludes halogenated alkanes) is 2. The average molecular weight is 649 g/mol. The van der Waals surface area contributed by atoms with E-state index in [1.807, 2.05) is 0 Å². The van der Waals surface area contributed by atoms with Crippen molar-refractivity contribution in [1.29, 1.82) is 0 Å². The van der Waals surface area contributed by atoms with Gasteiger partial charge in [0.2, 0.25) is 0 Å². The van der Waals surface area contributed by atoms with Crippen molar-refractivity contribution in [2.45, 2.75) is 107 Å². The van der Waals surface area contributed by atoms with Gasteiger partial charge in [-0.1, -0.05) is 0 Å². The van der Waals surface area contributed by atoms with E-state index in [9.17, 15) is 0 Å². The first kappa shape index (κ1) is 27.1. The van der Waals surface area contributed by atoms with Crippen molar-refractivity contribution in [2.24, 2.45) is 0 Å². The van der Waals surface area contributed by atoms with E-state index in [0.29, 0.717) is 6.22 Å². The van der Waals surface area contributed by atoms with Crippen LogP contribution in [0.15, 0.2) is 35.4 Å². The third-order valence-electron chi connectivity index (χ3n) is 8.55. The van der Waals surface area contributed by atoms with Crippen molar-refractivity contribution in [3.8, 4) is 0 Å². The van der Waals surface area contributed by atoms with Crippen molar-refractivity contribution in [1.82, 2.24) is 0 Å². The molecule has 0 aliphatic heterocycles. The quantitative estimate of drug-likeness (QED) is 0.178. The number of benzene rings is 2. The molecule has 2 aromatic rings. The van der Waals surface area contributed by atoms with Crippen LogP contribution in [0.1, 0.15) is 120 Å². The molecule has 0 amide bonds. The molecule has 0 radical (unpaired) electrons. The first-order valence-electron chi connectivity index (χ1n) is 14.4. The summed E-state index contributed by atoms with van der Waals surface area (Å²) in [5.41, 5.74) is 16.7. The SMILES string of the molecule is CCCCC[SiH]=[Hf]([CH]1C(C)=Cc2c(CC)ccc(CC)c21)[CH]1C(C)=Cc2c(CC)ccc(CC)c21. The third kappa shape index (κ3) is 5.08. The van der Waals surface area contributed by atoms with Gasteiger partial charge < -0.3 is 0 Å². The molecule has 35 heavy (non-hydrogen) atoms. The molecule has 2 atom stereocenters. The Labute approximate surface area is 224 Å². The summed E-state index contributed by atoms with van der Waals surface area (Å²) in [6.07, 6.45) is 14.7. The van der Waals surface area contributed by atoms with E-state index in [4.69, 9.17) is 0 Å². The second kappa shape index (κ2) is 12.0. The summed E-state index contributed by atoms with van der Waals surface area (Å²) in [6.45, 7) is 16.8. The van der Waals surface area contributed by atoms with Gasteiger partial charge in [0.1, 0.15) is 0 Å². The summed E-state index contributed by atoms with van der Waals surface area (Å²) in [7, 11) is 0. The molecule has 186 valence electrons. The van der Waals surface area contributed by atoms with Gasteiger partial charge in [-0.2, -0.15) is 0 Å². The minimum atomic E-state index is -2.18. The zero-order valence-corrected chi connectivity index (χ0v) is 28.1. The van der Waals surface area contributed by atoms with Crippen LogP contribution in [-0.4, -0.2) is 6.22 Å². The Balaban J connectivity index is 1.93. The van der Waals surface area contributed by atoms with Gasteiger partial charge >= 0.3 is 225 Å². The molecule has 4 rings (SSSR count). The van der Waals surface area contributed by atoms with E-state index < -0.39 is 20.1 Å². The number of allylic oxidation sites excluding steroid dienone is 2. The summed E-state index contributed by atoms with van der Waals surface area (Å²) in [4.78, 5) is 0. The maximum atomic E-state index is 2.63. The van der Waals surface area contributed by atoms with E-state index in [1.54, 1.807) is 55.7 Å². The van der Waals surface area contributed by atoms with Crippen LogP contribution >= 0.6 is 0 Å². The Hall–Kier alpha value is -0.993. The molecule has 0 N–H and O–H groups in total. The first-order chi connectivity index (χ1) is 17.0. The van der Waals surface area contributed by atoms with Gasteiger partial charge in [-0.3, -0.25) is 0 Å². The van der Waals surface area contributed by atoms with Gasteiger partial charge in [-0.15, -0.1) is 0 Å². The van der Waals surface area contributed by atoms with Crippen LogP contribution in [0.5, 0.6) is 0 Å². The zero-order chi connectivity index (χ0) is 25.1. The van der Waals surface area contributed by atoms with Gasteiger partial charge in [-0.25, -0.2) is 0 Å². The van der Waals surface area contributed by atoms with E-state index in [-0.39, 0.29) is 0 Å². The van der Waals surface area contributed by atoms with Crippen molar-refractivity contribution in [2.75, 3.05) is 0 Å². The van der Waals surface area contributed by atoms with E-state index >= 15 is 0 Å². The van der Waals surface area contributed by atoms with Crippen LogP contribution in [0, 0.1) is 0 Å². The maximum absolute atomic E-state index is 2.63. The molecule has 0 saturated carbocycles. The van der Waals surface area contributed by atoms with Crippen LogP contribution < -0.4 is 0 Å². The second-order valence-electron chi connectivity index (χ2n) is 10.7. The topological polar surface area (TPSA) is 0 Å². The molecule has 2 aromatic carbocycles. The molecule has 0 heterocycles. The molecule has 2 heteroatoms. The molecular weight excluding hydrogens is 603 g/mol. The molecule has 2 aliphatic carbocycles. The Morgan fingerprint density at radius 3 is 1.46 bits per heavy atom. The fourth-order valence-electron chi connectivity index (χ4n) is 6.71. The normalized spacial score (nSPS) is 18.3. The van der Waals surface area contributed by atoms with E-state index in [2.05, 4.69) is 84.9 Å². The van der Waals surface area contributed by atoms with E-state index in [0.717, 1.165) is 20.2 Å². The summed E-state index contributed by atoms with van der Waals surface area (Å²) >= 11 is -2.18. The molecule has 0 fully saturated rings. The first-order valence-corrected chi connectivity index (χ1v) is 26.1. The van der Waals surface area contributed by atoms with Crippen LogP contribution in [0.3, 0.4) is 0 Å². The standard InChI is InChI=1S/2C14H17.C5H12Si.Hf/c2*1-4-11-6-7-12(5-2)14-9-10(3)8-13(11)14;1-2-3-4-5-6;/h2*6-9H,4-5H2,1-3H3;6H,2-5H2,1H3;. The summed E-state index contributed by atoms with van der Waals surface area (Å²) in [6, 6.07) is 11.4. The van der Waals surface area contributed by atoms with Gasteiger partial charge in [0, 0.05) is 0 Å². The molecule has 0 nitrogen and oxygen atoms in total. The fraction of sp³-hybridized carbons (Fsp3) is 0.515. The Morgan fingerprint density at radius 1 is 0.629 bits per heavy atom. The Morgan fingerprint density at radius 2 is 1.06 bits per heavy atom. The Bertz CT molecular complexity index is 1090.